The van der Waals surface area contributed by atoms with Gasteiger partial charge in [0.05, 0.1) is 5.69 Å². The van der Waals surface area contributed by atoms with Gasteiger partial charge in [-0.3, -0.25) is 0 Å². The highest BCUT2D eigenvalue weighted by Crippen LogP contribution is 2.27. The van der Waals surface area contributed by atoms with Crippen LogP contribution in [0.25, 0.3) is 0 Å². The van der Waals surface area contributed by atoms with Crippen LogP contribution < -0.4 is 10.2 Å². The van der Waals surface area contributed by atoms with Gasteiger partial charge in [0.1, 0.15) is 5.82 Å². The second kappa shape index (κ2) is 7.07. The zero-order chi connectivity index (χ0) is 14.5. The number of hydrogen-bond donors (Lipinski definition) is 1. The molecule has 1 N–H and O–H groups in total. The fourth-order valence-electron chi connectivity index (χ4n) is 2.94. The lowest BCUT2D eigenvalue weighted by atomic mass is 9.99. The molecule has 0 aliphatic carbocycles. The highest BCUT2D eigenvalue weighted by Gasteiger charge is 2.19. The second-order valence-electron chi connectivity index (χ2n) is 6.08. The summed E-state index contributed by atoms with van der Waals surface area (Å²) in [6.45, 7) is 9.39. The first-order chi connectivity index (χ1) is 9.61. The van der Waals surface area contributed by atoms with E-state index in [4.69, 9.17) is 0 Å². The normalized spacial score (nSPS) is 21.0. The molecule has 0 aromatic heterocycles. The molecule has 1 aromatic carbocycles. The Morgan fingerprint density at radius 2 is 2.25 bits per heavy atom. The molecule has 20 heavy (non-hydrogen) atoms. The van der Waals surface area contributed by atoms with Crippen LogP contribution >= 0.6 is 0 Å². The largest absolute Gasteiger partial charge is 0.369 e. The molecule has 3 heteroatoms. The van der Waals surface area contributed by atoms with Crippen molar-refractivity contribution in [3.63, 3.8) is 0 Å². The Kier molecular flexibility index (Phi) is 5.41. The molecule has 0 amide bonds. The minimum atomic E-state index is -0.0817. The third kappa shape index (κ3) is 3.72. The summed E-state index contributed by atoms with van der Waals surface area (Å²) in [6, 6.07) is 5.92. The van der Waals surface area contributed by atoms with Crippen LogP contribution in [0.1, 0.15) is 51.6 Å². The summed E-state index contributed by atoms with van der Waals surface area (Å²) in [6.07, 6.45) is 3.52. The van der Waals surface area contributed by atoms with E-state index in [0.717, 1.165) is 43.7 Å². The number of hydrogen-bond acceptors (Lipinski definition) is 2. The Morgan fingerprint density at radius 3 is 2.90 bits per heavy atom. The Balaban J connectivity index is 2.09. The molecular weight excluding hydrogens is 251 g/mol. The molecule has 0 bridgehead atoms. The van der Waals surface area contributed by atoms with Crippen molar-refractivity contribution in [2.45, 2.75) is 46.1 Å². The van der Waals surface area contributed by atoms with E-state index in [1.807, 2.05) is 6.07 Å². The third-order valence-electron chi connectivity index (χ3n) is 4.17. The molecule has 1 aromatic rings. The monoisotopic (exact) mass is 278 g/mol. The van der Waals surface area contributed by atoms with Crippen molar-refractivity contribution in [2.24, 2.45) is 5.92 Å². The molecule has 112 valence electrons. The van der Waals surface area contributed by atoms with Crippen molar-refractivity contribution in [2.75, 3.05) is 24.5 Å². The fraction of sp³-hybridized carbons (Fsp3) is 0.647. The third-order valence-corrected chi connectivity index (χ3v) is 4.17. The molecule has 2 nitrogen and oxygen atoms in total. The maximum absolute atomic E-state index is 14.4. The van der Waals surface area contributed by atoms with E-state index in [-0.39, 0.29) is 11.9 Å². The summed E-state index contributed by atoms with van der Waals surface area (Å²) in [4.78, 5) is 2.19. The number of benzene rings is 1. The molecule has 1 aliphatic heterocycles. The maximum atomic E-state index is 14.4. The van der Waals surface area contributed by atoms with Crippen molar-refractivity contribution in [3.8, 4) is 0 Å². The molecule has 2 rings (SSSR count). The second-order valence-corrected chi connectivity index (χ2v) is 6.08. The van der Waals surface area contributed by atoms with E-state index in [2.05, 4.69) is 37.1 Å². The Morgan fingerprint density at radius 1 is 1.45 bits per heavy atom. The first-order valence-electron chi connectivity index (χ1n) is 7.89. The number of halogens is 1. The van der Waals surface area contributed by atoms with E-state index in [0.29, 0.717) is 5.92 Å². The number of nitrogens with zero attached hydrogens (tertiary/aromatic N) is 1. The maximum Gasteiger partial charge on any atom is 0.146 e. The van der Waals surface area contributed by atoms with Crippen molar-refractivity contribution in [1.29, 1.82) is 0 Å². The smallest absolute Gasteiger partial charge is 0.146 e. The van der Waals surface area contributed by atoms with Gasteiger partial charge in [-0.2, -0.15) is 0 Å². The highest BCUT2D eigenvalue weighted by molar-refractivity contribution is 5.50. The van der Waals surface area contributed by atoms with Crippen molar-refractivity contribution in [1.82, 2.24) is 5.32 Å². The summed E-state index contributed by atoms with van der Waals surface area (Å²) in [5, 5.41) is 3.40. The Bertz CT molecular complexity index is 433. The first kappa shape index (κ1) is 15.3. The minimum absolute atomic E-state index is 0.0817. The molecule has 1 saturated heterocycles. The summed E-state index contributed by atoms with van der Waals surface area (Å²) >= 11 is 0. The van der Waals surface area contributed by atoms with Crippen LogP contribution in [0.15, 0.2) is 18.2 Å². The quantitative estimate of drug-likeness (QED) is 0.871. The molecule has 2 atom stereocenters. The molecule has 1 heterocycles. The number of rotatable bonds is 5. The van der Waals surface area contributed by atoms with Gasteiger partial charge in [0, 0.05) is 19.1 Å². The first-order valence-corrected chi connectivity index (χ1v) is 7.89. The summed E-state index contributed by atoms with van der Waals surface area (Å²) < 4.78 is 14.4. The highest BCUT2D eigenvalue weighted by atomic mass is 19.1. The van der Waals surface area contributed by atoms with Gasteiger partial charge in [0.15, 0.2) is 0 Å². The number of nitrogens with one attached hydrogen (secondary N) is 1. The fourth-order valence-corrected chi connectivity index (χ4v) is 2.94. The predicted molar refractivity (Wildman–Crippen MR) is 83.7 cm³/mol. The SMILES string of the molecule is CCCN[C@@H](C)c1ccc(N2CCC[C@H](C)C2)c(F)c1. The van der Waals surface area contributed by atoms with Crippen LogP contribution in [0, 0.1) is 11.7 Å². The van der Waals surface area contributed by atoms with Crippen LogP contribution in [0.3, 0.4) is 0 Å². The predicted octanol–water partition coefficient (Wildman–Crippen LogP) is 4.12. The average Bonchev–Trinajstić information content (AvgIpc) is 2.44. The number of anilines is 1. The molecule has 0 unspecified atom stereocenters. The van der Waals surface area contributed by atoms with Gasteiger partial charge < -0.3 is 10.2 Å². The minimum Gasteiger partial charge on any atom is -0.369 e. The average molecular weight is 278 g/mol. The summed E-state index contributed by atoms with van der Waals surface area (Å²) in [5.41, 5.74) is 1.80. The van der Waals surface area contributed by atoms with Crippen LogP contribution in [0.5, 0.6) is 0 Å². The van der Waals surface area contributed by atoms with E-state index in [9.17, 15) is 4.39 Å². The van der Waals surface area contributed by atoms with Crippen molar-refractivity contribution in [3.05, 3.63) is 29.6 Å². The van der Waals surface area contributed by atoms with Crippen molar-refractivity contribution >= 4 is 5.69 Å². The molecule has 0 spiro atoms. The van der Waals surface area contributed by atoms with Crippen LogP contribution in [-0.4, -0.2) is 19.6 Å². The van der Waals surface area contributed by atoms with Crippen LogP contribution in [0.4, 0.5) is 10.1 Å². The lowest BCUT2D eigenvalue weighted by Gasteiger charge is -2.33. The van der Waals surface area contributed by atoms with Gasteiger partial charge in [0.2, 0.25) is 0 Å². The Labute approximate surface area is 122 Å². The standard InChI is InChI=1S/C17H27FN2/c1-4-9-19-14(3)15-7-8-17(16(18)11-15)20-10-5-6-13(2)12-20/h7-8,11,13-14,19H,4-6,9-10,12H2,1-3H3/t13-,14-/m0/s1. The molecule has 1 aliphatic rings. The van der Waals surface area contributed by atoms with Gasteiger partial charge in [-0.15, -0.1) is 0 Å². The van der Waals surface area contributed by atoms with Gasteiger partial charge in [-0.1, -0.05) is 19.9 Å². The van der Waals surface area contributed by atoms with Gasteiger partial charge in [0.25, 0.3) is 0 Å². The topological polar surface area (TPSA) is 15.3 Å². The lowest BCUT2D eigenvalue weighted by Crippen LogP contribution is -2.34. The lowest BCUT2D eigenvalue weighted by molar-refractivity contribution is 0.442. The van der Waals surface area contributed by atoms with Gasteiger partial charge in [-0.05, 0) is 56.3 Å². The zero-order valence-electron chi connectivity index (χ0n) is 13.0. The van der Waals surface area contributed by atoms with Crippen LogP contribution in [0.2, 0.25) is 0 Å². The van der Waals surface area contributed by atoms with E-state index >= 15 is 0 Å². The van der Waals surface area contributed by atoms with E-state index in [1.165, 1.54) is 6.42 Å². The molecule has 1 fully saturated rings. The van der Waals surface area contributed by atoms with Gasteiger partial charge in [-0.25, -0.2) is 4.39 Å². The van der Waals surface area contributed by atoms with E-state index in [1.54, 1.807) is 6.07 Å². The number of piperidine rings is 1. The summed E-state index contributed by atoms with van der Waals surface area (Å²) in [5.74, 6) is 0.578. The van der Waals surface area contributed by atoms with Crippen molar-refractivity contribution < 1.29 is 4.39 Å². The van der Waals surface area contributed by atoms with E-state index < -0.39 is 0 Å². The van der Waals surface area contributed by atoms with Crippen LogP contribution in [-0.2, 0) is 0 Å². The summed E-state index contributed by atoms with van der Waals surface area (Å²) in [7, 11) is 0. The van der Waals surface area contributed by atoms with Gasteiger partial charge >= 0.3 is 0 Å². The molecule has 0 radical (unpaired) electrons. The Hall–Kier alpha value is -1.09. The zero-order valence-corrected chi connectivity index (χ0v) is 13.0. The molecular formula is C17H27FN2. The molecule has 0 saturated carbocycles.